The smallest absolute Gasteiger partial charge is 0.321 e. The summed E-state index contributed by atoms with van der Waals surface area (Å²) < 4.78 is 17.9. The molecule has 4 rings (SSSR count). The lowest BCUT2D eigenvalue weighted by atomic mass is 10.0. The Morgan fingerprint density at radius 2 is 1.73 bits per heavy atom. The van der Waals surface area contributed by atoms with Gasteiger partial charge < -0.3 is 39.8 Å². The van der Waals surface area contributed by atoms with E-state index in [0.717, 1.165) is 19.3 Å². The number of aliphatic hydroxyl groups is 1. The van der Waals surface area contributed by atoms with Gasteiger partial charge in [-0.1, -0.05) is 25.1 Å². The molecule has 1 aliphatic heterocycles. The number of methoxy groups -OCH3 is 1. The fourth-order valence-electron chi connectivity index (χ4n) is 5.50. The largest absolute Gasteiger partial charge is 0.497 e. The number of rotatable bonds is 8. The third-order valence-electron chi connectivity index (χ3n) is 8.49. The molecule has 258 valence electrons. The van der Waals surface area contributed by atoms with Crippen molar-refractivity contribution in [1.82, 2.24) is 9.80 Å². The number of fused-ring (bicyclic) bond motifs is 1. The van der Waals surface area contributed by atoms with Crippen LogP contribution in [-0.2, 0) is 4.74 Å². The predicted octanol–water partition coefficient (Wildman–Crippen LogP) is 5.91. The Labute approximate surface area is 283 Å². The molecule has 3 N–H and O–H groups in total. The summed E-state index contributed by atoms with van der Waals surface area (Å²) in [6.07, 6.45) is 1.80. The van der Waals surface area contributed by atoms with Crippen molar-refractivity contribution in [2.75, 3.05) is 51.1 Å². The third kappa shape index (κ3) is 9.95. The van der Waals surface area contributed by atoms with Crippen molar-refractivity contribution in [2.24, 2.45) is 5.92 Å². The van der Waals surface area contributed by atoms with Gasteiger partial charge in [-0.05, 0) is 87.7 Å². The fraction of sp³-hybridized carbons (Fsp3) is 0.432. The minimum atomic E-state index is -0.530. The van der Waals surface area contributed by atoms with Crippen LogP contribution in [0.3, 0.4) is 0 Å². The van der Waals surface area contributed by atoms with Gasteiger partial charge in [0.1, 0.15) is 11.5 Å². The van der Waals surface area contributed by atoms with Crippen molar-refractivity contribution in [3.05, 3.63) is 83.9 Å². The number of benzene rings is 3. The lowest BCUT2D eigenvalue weighted by Crippen LogP contribution is -2.48. The van der Waals surface area contributed by atoms with Crippen molar-refractivity contribution in [3.63, 3.8) is 0 Å². The van der Waals surface area contributed by atoms with E-state index in [-0.39, 0.29) is 55.1 Å². The van der Waals surface area contributed by atoms with E-state index in [9.17, 15) is 19.5 Å². The zero-order valence-corrected chi connectivity index (χ0v) is 28.5. The topological polar surface area (TPSA) is 130 Å². The van der Waals surface area contributed by atoms with Crippen LogP contribution in [0, 0.1) is 5.92 Å². The second-order valence-electron chi connectivity index (χ2n) is 12.4. The molecule has 0 unspecified atom stereocenters. The molecular weight excluding hydrogens is 612 g/mol. The summed E-state index contributed by atoms with van der Waals surface area (Å²) in [5.74, 6) is 0.241. The van der Waals surface area contributed by atoms with E-state index < -0.39 is 12.1 Å². The normalized spacial score (nSPS) is 19.6. The van der Waals surface area contributed by atoms with Crippen LogP contribution in [0.5, 0.6) is 11.5 Å². The van der Waals surface area contributed by atoms with Crippen LogP contribution >= 0.6 is 0 Å². The highest BCUT2D eigenvalue weighted by molar-refractivity contribution is 6.05. The third-order valence-corrected chi connectivity index (χ3v) is 8.49. The Balaban J connectivity index is 1.58. The number of nitrogens with one attached hydrogen (secondary N) is 2. The summed E-state index contributed by atoms with van der Waals surface area (Å²) in [5.41, 5.74) is 1.86. The van der Waals surface area contributed by atoms with Crippen molar-refractivity contribution < 1.29 is 33.7 Å². The van der Waals surface area contributed by atoms with Gasteiger partial charge in [0.15, 0.2) is 0 Å². The van der Waals surface area contributed by atoms with E-state index in [2.05, 4.69) is 10.6 Å². The van der Waals surface area contributed by atoms with Crippen molar-refractivity contribution >= 4 is 29.2 Å². The van der Waals surface area contributed by atoms with E-state index in [4.69, 9.17) is 14.2 Å². The molecule has 11 nitrogen and oxygen atoms in total. The average Bonchev–Trinajstić information content (AvgIpc) is 3.10. The first kappa shape index (κ1) is 36.2. The minimum absolute atomic E-state index is 0.185. The van der Waals surface area contributed by atoms with Gasteiger partial charge in [-0.3, -0.25) is 9.59 Å². The van der Waals surface area contributed by atoms with Crippen molar-refractivity contribution in [3.8, 4) is 11.5 Å². The molecule has 0 radical (unpaired) electrons. The Morgan fingerprint density at radius 1 is 1.02 bits per heavy atom. The van der Waals surface area contributed by atoms with Gasteiger partial charge in [0, 0.05) is 49.6 Å². The number of likely N-dealkylation sites (N-methyl/N-ethyl adjacent to an activating group) is 1. The first-order chi connectivity index (χ1) is 23.1. The van der Waals surface area contributed by atoms with E-state index in [1.165, 1.54) is 0 Å². The Hall–Kier alpha value is -4.61. The molecule has 0 fully saturated rings. The number of ether oxygens (including phenoxy) is 3. The van der Waals surface area contributed by atoms with Crippen molar-refractivity contribution in [2.45, 2.75) is 58.3 Å². The summed E-state index contributed by atoms with van der Waals surface area (Å²) in [4.78, 5) is 43.6. The highest BCUT2D eigenvalue weighted by Crippen LogP contribution is 2.29. The van der Waals surface area contributed by atoms with Gasteiger partial charge in [-0.25, -0.2) is 4.79 Å². The van der Waals surface area contributed by atoms with E-state index in [1.54, 1.807) is 97.6 Å². The molecule has 0 saturated heterocycles. The molecule has 4 amide bonds. The van der Waals surface area contributed by atoms with Gasteiger partial charge in [0.2, 0.25) is 0 Å². The summed E-state index contributed by atoms with van der Waals surface area (Å²) in [5, 5.41) is 16.0. The van der Waals surface area contributed by atoms with Gasteiger partial charge in [-0.15, -0.1) is 0 Å². The van der Waals surface area contributed by atoms with Crippen LogP contribution < -0.4 is 20.1 Å². The molecule has 3 aromatic rings. The molecule has 0 saturated carbocycles. The summed E-state index contributed by atoms with van der Waals surface area (Å²) >= 11 is 0. The molecule has 1 aliphatic rings. The predicted molar refractivity (Wildman–Crippen MR) is 186 cm³/mol. The molecule has 48 heavy (non-hydrogen) atoms. The first-order valence-electron chi connectivity index (χ1n) is 16.5. The second kappa shape index (κ2) is 17.5. The van der Waals surface area contributed by atoms with Crippen LogP contribution in [-0.4, -0.2) is 91.5 Å². The monoisotopic (exact) mass is 660 g/mol. The quantitative estimate of drug-likeness (QED) is 0.274. The lowest BCUT2D eigenvalue weighted by Gasteiger charge is -2.35. The first-order valence-corrected chi connectivity index (χ1v) is 16.5. The number of anilines is 2. The van der Waals surface area contributed by atoms with Gasteiger partial charge in [0.05, 0.1) is 37.5 Å². The van der Waals surface area contributed by atoms with Crippen LogP contribution in [0.25, 0.3) is 0 Å². The zero-order valence-electron chi connectivity index (χ0n) is 28.5. The molecule has 0 bridgehead atoms. The average molecular weight is 661 g/mol. The number of carbonyl (C=O) groups excluding carboxylic acids is 3. The summed E-state index contributed by atoms with van der Waals surface area (Å²) in [6.45, 7) is 6.47. The zero-order chi connectivity index (χ0) is 34.6. The van der Waals surface area contributed by atoms with E-state index >= 15 is 0 Å². The SMILES string of the molecule is COc1ccc(NC(=O)N(C)C[C@H]2OCCCC[C@@H](C)Oc3ccc(NC(=O)c4ccccc4)cc3C(=O)N([C@H](C)CO)C[C@H]2C)cc1. The highest BCUT2D eigenvalue weighted by Gasteiger charge is 2.31. The summed E-state index contributed by atoms with van der Waals surface area (Å²) in [6, 6.07) is 20.2. The van der Waals surface area contributed by atoms with Crippen LogP contribution in [0.4, 0.5) is 16.2 Å². The van der Waals surface area contributed by atoms with Crippen LogP contribution in [0.15, 0.2) is 72.8 Å². The minimum Gasteiger partial charge on any atom is -0.497 e. The van der Waals surface area contributed by atoms with Gasteiger partial charge in [-0.2, -0.15) is 0 Å². The summed E-state index contributed by atoms with van der Waals surface area (Å²) in [7, 11) is 3.29. The molecule has 0 aromatic heterocycles. The van der Waals surface area contributed by atoms with E-state index in [1.807, 2.05) is 19.9 Å². The van der Waals surface area contributed by atoms with Crippen LogP contribution in [0.2, 0.25) is 0 Å². The molecule has 4 atom stereocenters. The number of amides is 4. The number of aliphatic hydroxyl groups excluding tert-OH is 1. The molecule has 0 aliphatic carbocycles. The highest BCUT2D eigenvalue weighted by atomic mass is 16.5. The lowest BCUT2D eigenvalue weighted by molar-refractivity contribution is -0.0115. The molecule has 3 aromatic carbocycles. The van der Waals surface area contributed by atoms with Gasteiger partial charge >= 0.3 is 6.03 Å². The van der Waals surface area contributed by atoms with Crippen molar-refractivity contribution in [1.29, 1.82) is 0 Å². The van der Waals surface area contributed by atoms with E-state index in [0.29, 0.717) is 35.0 Å². The number of nitrogens with zero attached hydrogens (tertiary/aromatic N) is 2. The molecular formula is C37H48N4O7. The van der Waals surface area contributed by atoms with Gasteiger partial charge in [0.25, 0.3) is 11.8 Å². The Bertz CT molecular complexity index is 1500. The van der Waals surface area contributed by atoms with Crippen LogP contribution in [0.1, 0.15) is 60.7 Å². The second-order valence-corrected chi connectivity index (χ2v) is 12.4. The molecule has 11 heteroatoms. The Morgan fingerprint density at radius 3 is 2.42 bits per heavy atom. The number of urea groups is 1. The maximum atomic E-state index is 14.4. The molecule has 1 heterocycles. The number of hydrogen-bond acceptors (Lipinski definition) is 7. The maximum absolute atomic E-state index is 14.4. The standard InChI is InChI=1S/C37H48N4O7/c1-25-22-41(26(2)24-42)36(44)32-21-30(38-35(43)28-12-7-6-8-13-28)16-19-33(32)48-27(3)11-9-10-20-47-34(25)23-40(4)37(45)39-29-14-17-31(46-5)18-15-29/h6-8,12-19,21,25-27,34,42H,9-11,20,22-24H2,1-5H3,(H,38,43)(H,39,45)/t25-,26-,27-,34-/m1/s1. The molecule has 0 spiro atoms. The number of hydrogen-bond donors (Lipinski definition) is 3. The maximum Gasteiger partial charge on any atom is 0.321 e. The number of carbonyl (C=O) groups is 3. The fourth-order valence-corrected chi connectivity index (χ4v) is 5.50. The Kier molecular flexibility index (Phi) is 13.2.